The van der Waals surface area contributed by atoms with Crippen LogP contribution in [0.25, 0.3) is 11.0 Å². The van der Waals surface area contributed by atoms with Crippen molar-refractivity contribution in [1.82, 2.24) is 9.97 Å². The van der Waals surface area contributed by atoms with Crippen molar-refractivity contribution in [3.63, 3.8) is 0 Å². The van der Waals surface area contributed by atoms with Crippen LogP contribution in [0.2, 0.25) is 0 Å². The number of H-pyrrole nitrogens is 1. The van der Waals surface area contributed by atoms with Crippen LogP contribution < -0.4 is 4.90 Å². The van der Waals surface area contributed by atoms with Crippen LogP contribution in [-0.2, 0) is 0 Å². The third kappa shape index (κ3) is 2.54. The van der Waals surface area contributed by atoms with Gasteiger partial charge in [0, 0.05) is 36.4 Å². The van der Waals surface area contributed by atoms with E-state index < -0.39 is 11.6 Å². The van der Waals surface area contributed by atoms with Crippen LogP contribution in [0, 0.1) is 17.1 Å². The summed E-state index contributed by atoms with van der Waals surface area (Å²) < 4.78 is 15.0. The number of anilines is 1. The molecule has 1 aliphatic rings. The van der Waals surface area contributed by atoms with Crippen molar-refractivity contribution in [2.45, 2.75) is 12.8 Å². The molecule has 0 saturated carbocycles. The molecule has 4 rings (SSSR count). The van der Waals surface area contributed by atoms with E-state index in [4.69, 9.17) is 5.26 Å². The maximum atomic E-state index is 15.0. The van der Waals surface area contributed by atoms with Crippen LogP contribution in [-0.4, -0.2) is 28.8 Å². The normalized spacial score (nSPS) is 14.0. The minimum absolute atomic E-state index is 0.0349. The number of carbonyl (C=O) groups excluding carboxylic acids is 1. The number of rotatable bonds is 3. The third-order valence-corrected chi connectivity index (χ3v) is 4.57. The van der Waals surface area contributed by atoms with Gasteiger partial charge in [-0.2, -0.15) is 5.26 Å². The zero-order valence-electron chi connectivity index (χ0n) is 13.4. The molecule has 0 unspecified atom stereocenters. The number of hydrogen-bond donors (Lipinski definition) is 1. The van der Waals surface area contributed by atoms with E-state index in [0.717, 1.165) is 25.9 Å². The molecule has 3 aromatic rings. The molecule has 0 aliphatic carbocycles. The Morgan fingerprint density at radius 3 is 2.84 bits per heavy atom. The molecule has 124 valence electrons. The first-order valence-electron chi connectivity index (χ1n) is 8.14. The van der Waals surface area contributed by atoms with Gasteiger partial charge >= 0.3 is 0 Å². The Kier molecular flexibility index (Phi) is 3.69. The van der Waals surface area contributed by atoms with Crippen LogP contribution in [0.4, 0.5) is 10.1 Å². The molecule has 0 bridgehead atoms. The molecule has 1 aromatic carbocycles. The van der Waals surface area contributed by atoms with E-state index in [1.54, 1.807) is 18.2 Å². The number of aromatic amines is 1. The van der Waals surface area contributed by atoms with Gasteiger partial charge in [0.25, 0.3) is 0 Å². The van der Waals surface area contributed by atoms with Gasteiger partial charge in [0.1, 0.15) is 11.7 Å². The fourth-order valence-electron chi connectivity index (χ4n) is 3.29. The number of fused-ring (bicyclic) bond motifs is 1. The minimum atomic E-state index is -0.492. The van der Waals surface area contributed by atoms with Crippen molar-refractivity contribution in [3.8, 4) is 6.07 Å². The molecule has 6 heteroatoms. The van der Waals surface area contributed by atoms with Crippen molar-refractivity contribution < 1.29 is 9.18 Å². The second-order valence-corrected chi connectivity index (χ2v) is 6.10. The second-order valence-electron chi connectivity index (χ2n) is 6.10. The summed E-state index contributed by atoms with van der Waals surface area (Å²) in [6.45, 7) is 1.61. The Labute approximate surface area is 143 Å². The van der Waals surface area contributed by atoms with Gasteiger partial charge in [0.15, 0.2) is 11.6 Å². The molecular weight excluding hydrogens is 319 g/mol. The lowest BCUT2D eigenvalue weighted by atomic mass is 10.0. The van der Waals surface area contributed by atoms with E-state index >= 15 is 0 Å². The van der Waals surface area contributed by atoms with Crippen molar-refractivity contribution in [1.29, 1.82) is 5.26 Å². The SMILES string of the molecule is N#Cc1cnc2[nH]cc(C(=O)c3cccc(N4CCCC4)c3F)c2c1. The van der Waals surface area contributed by atoms with Crippen LogP contribution in [0.3, 0.4) is 0 Å². The summed E-state index contributed by atoms with van der Waals surface area (Å²) in [5, 5.41) is 9.56. The molecule has 1 aliphatic heterocycles. The maximum absolute atomic E-state index is 15.0. The summed E-state index contributed by atoms with van der Waals surface area (Å²) in [7, 11) is 0. The average Bonchev–Trinajstić information content (AvgIpc) is 3.30. The largest absolute Gasteiger partial charge is 0.369 e. The second kappa shape index (κ2) is 6.02. The van der Waals surface area contributed by atoms with Crippen molar-refractivity contribution in [2.24, 2.45) is 0 Å². The molecule has 25 heavy (non-hydrogen) atoms. The Balaban J connectivity index is 1.79. The molecule has 0 spiro atoms. The van der Waals surface area contributed by atoms with E-state index in [9.17, 15) is 9.18 Å². The zero-order valence-corrected chi connectivity index (χ0v) is 13.4. The number of halogens is 1. The number of hydrogen-bond acceptors (Lipinski definition) is 4. The monoisotopic (exact) mass is 334 g/mol. The Morgan fingerprint density at radius 1 is 1.28 bits per heavy atom. The van der Waals surface area contributed by atoms with Gasteiger partial charge in [0.05, 0.1) is 16.8 Å². The lowest BCUT2D eigenvalue weighted by Crippen LogP contribution is -2.20. The summed E-state index contributed by atoms with van der Waals surface area (Å²) in [5.41, 5.74) is 1.68. The Morgan fingerprint density at radius 2 is 2.08 bits per heavy atom. The van der Waals surface area contributed by atoms with Crippen LogP contribution in [0.15, 0.2) is 36.7 Å². The van der Waals surface area contributed by atoms with Crippen LogP contribution in [0.1, 0.15) is 34.3 Å². The molecule has 0 amide bonds. The van der Waals surface area contributed by atoms with E-state index in [1.807, 2.05) is 11.0 Å². The van der Waals surface area contributed by atoms with Crippen LogP contribution in [0.5, 0.6) is 0 Å². The topological polar surface area (TPSA) is 72.8 Å². The third-order valence-electron chi connectivity index (χ3n) is 4.57. The van der Waals surface area contributed by atoms with Gasteiger partial charge in [-0.3, -0.25) is 4.79 Å². The Hall–Kier alpha value is -3.20. The van der Waals surface area contributed by atoms with Gasteiger partial charge < -0.3 is 9.88 Å². The highest BCUT2D eigenvalue weighted by Crippen LogP contribution is 2.28. The fraction of sp³-hybridized carbons (Fsp3) is 0.211. The summed E-state index contributed by atoms with van der Waals surface area (Å²) in [6, 6.07) is 8.51. The van der Waals surface area contributed by atoms with E-state index in [-0.39, 0.29) is 5.56 Å². The summed E-state index contributed by atoms with van der Waals surface area (Å²) in [4.78, 5) is 21.9. The highest BCUT2D eigenvalue weighted by atomic mass is 19.1. The minimum Gasteiger partial charge on any atom is -0.369 e. The summed E-state index contributed by atoms with van der Waals surface area (Å²) in [5.74, 6) is -0.908. The lowest BCUT2D eigenvalue weighted by Gasteiger charge is -2.19. The first-order chi connectivity index (χ1) is 12.2. The molecule has 1 fully saturated rings. The number of nitrogens with one attached hydrogen (secondary N) is 1. The quantitative estimate of drug-likeness (QED) is 0.745. The Bertz CT molecular complexity index is 1010. The first-order valence-corrected chi connectivity index (χ1v) is 8.14. The smallest absolute Gasteiger partial charge is 0.198 e. The number of nitriles is 1. The summed E-state index contributed by atoms with van der Waals surface area (Å²) >= 11 is 0. The molecule has 0 atom stereocenters. The molecule has 1 N–H and O–H groups in total. The number of benzene rings is 1. The number of nitrogens with zero attached hydrogens (tertiary/aromatic N) is 3. The zero-order chi connectivity index (χ0) is 17.4. The molecule has 3 heterocycles. The predicted molar refractivity (Wildman–Crippen MR) is 92.1 cm³/mol. The lowest BCUT2D eigenvalue weighted by molar-refractivity contribution is 0.103. The number of pyridine rings is 1. The van der Waals surface area contributed by atoms with Gasteiger partial charge in [-0.05, 0) is 31.0 Å². The highest BCUT2D eigenvalue weighted by Gasteiger charge is 2.23. The van der Waals surface area contributed by atoms with Gasteiger partial charge in [-0.15, -0.1) is 0 Å². The van der Waals surface area contributed by atoms with E-state index in [1.165, 1.54) is 18.5 Å². The van der Waals surface area contributed by atoms with Gasteiger partial charge in [-0.1, -0.05) is 6.07 Å². The van der Waals surface area contributed by atoms with Crippen LogP contribution >= 0.6 is 0 Å². The van der Waals surface area contributed by atoms with Crippen molar-refractivity contribution in [2.75, 3.05) is 18.0 Å². The molecule has 1 saturated heterocycles. The molecule has 5 nitrogen and oxygen atoms in total. The van der Waals surface area contributed by atoms with Crippen molar-refractivity contribution >= 4 is 22.5 Å². The number of ketones is 1. The highest BCUT2D eigenvalue weighted by molar-refractivity contribution is 6.16. The predicted octanol–water partition coefficient (Wildman–Crippen LogP) is 3.40. The van der Waals surface area contributed by atoms with Crippen molar-refractivity contribution in [3.05, 3.63) is 59.2 Å². The fourth-order valence-corrected chi connectivity index (χ4v) is 3.29. The average molecular weight is 334 g/mol. The molecule has 0 radical (unpaired) electrons. The number of aromatic nitrogens is 2. The number of carbonyl (C=O) groups is 1. The van der Waals surface area contributed by atoms with Gasteiger partial charge in [-0.25, -0.2) is 9.37 Å². The van der Waals surface area contributed by atoms with Gasteiger partial charge in [0.2, 0.25) is 0 Å². The maximum Gasteiger partial charge on any atom is 0.198 e. The summed E-state index contributed by atoms with van der Waals surface area (Å²) in [6.07, 6.45) is 5.01. The van der Waals surface area contributed by atoms with E-state index in [2.05, 4.69) is 9.97 Å². The molecule has 2 aromatic heterocycles. The standard InChI is InChI=1S/C19H15FN4O/c20-17-13(4-3-5-16(17)24-6-1-2-7-24)18(25)15-11-23-19-14(15)8-12(9-21)10-22-19/h3-5,8,10-11H,1-2,6-7H2,(H,22,23). The molecular formula is C19H15FN4O. The van der Waals surface area contributed by atoms with E-state index in [0.29, 0.717) is 27.8 Å². The first kappa shape index (κ1) is 15.3.